The molecule has 0 aromatic heterocycles. The molecule has 2 nitrogen and oxygen atoms in total. The van der Waals surface area contributed by atoms with Gasteiger partial charge in [0.05, 0.1) is 14.2 Å². The minimum Gasteiger partial charge on any atom is -0.493 e. The Morgan fingerprint density at radius 2 is 1.71 bits per heavy atom. The van der Waals surface area contributed by atoms with Crippen molar-refractivity contribution < 1.29 is 9.47 Å². The number of benzene rings is 1. The quantitative estimate of drug-likeness (QED) is 0.738. The molecule has 1 aromatic carbocycles. The molecular weight excluding hydrogens is 176 g/mol. The van der Waals surface area contributed by atoms with Gasteiger partial charge in [0.2, 0.25) is 0 Å². The van der Waals surface area contributed by atoms with Crippen LogP contribution in [0.3, 0.4) is 0 Å². The van der Waals surface area contributed by atoms with E-state index < -0.39 is 0 Å². The summed E-state index contributed by atoms with van der Waals surface area (Å²) >= 11 is 0. The predicted molar refractivity (Wildman–Crippen MR) is 60.3 cm³/mol. The summed E-state index contributed by atoms with van der Waals surface area (Å²) in [4.78, 5) is 0. The number of rotatable bonds is 3. The number of ether oxygens (including phenoxy) is 2. The van der Waals surface area contributed by atoms with E-state index in [4.69, 9.17) is 9.47 Å². The van der Waals surface area contributed by atoms with Gasteiger partial charge in [0, 0.05) is 0 Å². The molecule has 0 N–H and O–H groups in total. The van der Waals surface area contributed by atoms with Crippen LogP contribution in [0, 0.1) is 0 Å². The monoisotopic (exact) mass is 196 g/mol. The van der Waals surface area contributed by atoms with E-state index in [9.17, 15) is 0 Å². The summed E-state index contributed by atoms with van der Waals surface area (Å²) in [5.74, 6) is 1.65. The van der Waals surface area contributed by atoms with Gasteiger partial charge < -0.3 is 9.47 Å². The zero-order valence-corrected chi connectivity index (χ0v) is 9.76. The fraction of sp³-hybridized carbons (Fsp3) is 0.500. The molecule has 0 bridgehead atoms. The summed E-state index contributed by atoms with van der Waals surface area (Å²) in [5.41, 5.74) is 1.18. The van der Waals surface area contributed by atoms with E-state index in [-0.39, 0.29) is 0 Å². The molecule has 0 atom stereocenters. The highest BCUT2D eigenvalue weighted by atomic mass is 16.5. The van der Waals surface area contributed by atoms with Gasteiger partial charge in [-0.15, -0.1) is 0 Å². The lowest BCUT2D eigenvalue weighted by atomic mass is 10.1. The number of aryl methyl sites for hydroxylation is 1. The smallest absolute Gasteiger partial charge is 0.163 e. The summed E-state index contributed by atoms with van der Waals surface area (Å²) in [6, 6.07) is 5.92. The third kappa shape index (κ3) is 2.95. The molecule has 0 amide bonds. The SMILES string of the molecule is CC.CCc1cccc(OC)c1OC. The van der Waals surface area contributed by atoms with Gasteiger partial charge in [-0.05, 0) is 18.1 Å². The van der Waals surface area contributed by atoms with Crippen LogP contribution in [0.2, 0.25) is 0 Å². The van der Waals surface area contributed by atoms with Crippen molar-refractivity contribution in [2.45, 2.75) is 27.2 Å². The first-order valence-corrected chi connectivity index (χ1v) is 5.03. The molecule has 2 heteroatoms. The molecule has 0 heterocycles. The molecule has 0 aliphatic rings. The molecule has 80 valence electrons. The lowest BCUT2D eigenvalue weighted by Crippen LogP contribution is -1.94. The van der Waals surface area contributed by atoms with Crippen LogP contribution in [0.15, 0.2) is 18.2 Å². The first kappa shape index (κ1) is 12.8. The van der Waals surface area contributed by atoms with Crippen molar-refractivity contribution in [3.05, 3.63) is 23.8 Å². The van der Waals surface area contributed by atoms with Crippen molar-refractivity contribution in [2.24, 2.45) is 0 Å². The van der Waals surface area contributed by atoms with Gasteiger partial charge in [-0.1, -0.05) is 32.9 Å². The van der Waals surface area contributed by atoms with Crippen molar-refractivity contribution >= 4 is 0 Å². The molecule has 1 aromatic rings. The summed E-state index contributed by atoms with van der Waals surface area (Å²) in [7, 11) is 3.31. The van der Waals surface area contributed by atoms with Crippen molar-refractivity contribution in [3.63, 3.8) is 0 Å². The fourth-order valence-corrected chi connectivity index (χ4v) is 1.23. The Balaban J connectivity index is 0.000000791. The lowest BCUT2D eigenvalue weighted by molar-refractivity contribution is 0.352. The molecule has 1 rings (SSSR count). The lowest BCUT2D eigenvalue weighted by Gasteiger charge is -2.10. The van der Waals surface area contributed by atoms with E-state index in [1.165, 1.54) is 5.56 Å². The van der Waals surface area contributed by atoms with Gasteiger partial charge in [0.1, 0.15) is 0 Å². The molecule has 0 saturated heterocycles. The Morgan fingerprint density at radius 1 is 1.07 bits per heavy atom. The third-order valence-corrected chi connectivity index (χ3v) is 1.87. The van der Waals surface area contributed by atoms with E-state index in [1.54, 1.807) is 14.2 Å². The van der Waals surface area contributed by atoms with Gasteiger partial charge >= 0.3 is 0 Å². The van der Waals surface area contributed by atoms with Gasteiger partial charge in [0.25, 0.3) is 0 Å². The minimum atomic E-state index is 0.803. The second-order valence-corrected chi connectivity index (χ2v) is 2.51. The number of para-hydroxylation sites is 1. The molecule has 0 saturated carbocycles. The van der Waals surface area contributed by atoms with Crippen LogP contribution in [0.5, 0.6) is 11.5 Å². The maximum atomic E-state index is 5.23. The molecule has 0 spiro atoms. The van der Waals surface area contributed by atoms with Crippen LogP contribution < -0.4 is 9.47 Å². The van der Waals surface area contributed by atoms with Crippen molar-refractivity contribution in [2.75, 3.05) is 14.2 Å². The zero-order chi connectivity index (χ0) is 11.0. The largest absolute Gasteiger partial charge is 0.493 e. The average molecular weight is 196 g/mol. The highest BCUT2D eigenvalue weighted by Crippen LogP contribution is 2.30. The van der Waals surface area contributed by atoms with Crippen LogP contribution in [-0.2, 0) is 6.42 Å². The van der Waals surface area contributed by atoms with Crippen LogP contribution in [0.25, 0.3) is 0 Å². The number of hydrogen-bond donors (Lipinski definition) is 0. The molecule has 14 heavy (non-hydrogen) atoms. The van der Waals surface area contributed by atoms with Crippen molar-refractivity contribution in [3.8, 4) is 11.5 Å². The summed E-state index contributed by atoms with van der Waals surface area (Å²) in [6.45, 7) is 6.09. The Kier molecular flexibility index (Phi) is 6.63. The molecule has 0 radical (unpaired) electrons. The Morgan fingerprint density at radius 3 is 2.14 bits per heavy atom. The molecule has 0 unspecified atom stereocenters. The zero-order valence-electron chi connectivity index (χ0n) is 9.76. The number of hydrogen-bond acceptors (Lipinski definition) is 2. The predicted octanol–water partition coefficient (Wildman–Crippen LogP) is 3.29. The molecule has 0 aliphatic heterocycles. The molecule has 0 fully saturated rings. The van der Waals surface area contributed by atoms with Gasteiger partial charge in [0.15, 0.2) is 11.5 Å². The summed E-state index contributed by atoms with van der Waals surface area (Å²) < 4.78 is 10.4. The summed E-state index contributed by atoms with van der Waals surface area (Å²) in [6.07, 6.45) is 0.959. The first-order valence-electron chi connectivity index (χ1n) is 5.03. The molecule has 0 aliphatic carbocycles. The van der Waals surface area contributed by atoms with Crippen LogP contribution in [-0.4, -0.2) is 14.2 Å². The van der Waals surface area contributed by atoms with Gasteiger partial charge in [-0.25, -0.2) is 0 Å². The highest BCUT2D eigenvalue weighted by Gasteiger charge is 2.06. The van der Waals surface area contributed by atoms with Crippen molar-refractivity contribution in [1.29, 1.82) is 0 Å². The van der Waals surface area contributed by atoms with Crippen LogP contribution in [0.4, 0.5) is 0 Å². The van der Waals surface area contributed by atoms with Crippen LogP contribution >= 0.6 is 0 Å². The van der Waals surface area contributed by atoms with E-state index in [2.05, 4.69) is 6.92 Å². The Bertz CT molecular complexity index is 234. The summed E-state index contributed by atoms with van der Waals surface area (Å²) in [5, 5.41) is 0. The van der Waals surface area contributed by atoms with E-state index in [0.717, 1.165) is 17.9 Å². The first-order chi connectivity index (χ1) is 6.83. The van der Waals surface area contributed by atoms with E-state index in [1.807, 2.05) is 32.0 Å². The highest BCUT2D eigenvalue weighted by molar-refractivity contribution is 5.46. The Labute approximate surface area is 86.9 Å². The average Bonchev–Trinajstić information content (AvgIpc) is 2.30. The van der Waals surface area contributed by atoms with Crippen molar-refractivity contribution in [1.82, 2.24) is 0 Å². The molecular formula is C12H20O2. The minimum absolute atomic E-state index is 0.803. The van der Waals surface area contributed by atoms with E-state index >= 15 is 0 Å². The normalized spacial score (nSPS) is 8.64. The maximum absolute atomic E-state index is 5.23. The topological polar surface area (TPSA) is 18.5 Å². The van der Waals surface area contributed by atoms with Gasteiger partial charge in [-0.3, -0.25) is 0 Å². The standard InChI is InChI=1S/C10H14O2.C2H6/c1-4-8-6-5-7-9(11-2)10(8)12-3;1-2/h5-7H,4H2,1-3H3;1-2H3. The number of methoxy groups -OCH3 is 2. The van der Waals surface area contributed by atoms with E-state index in [0.29, 0.717) is 0 Å². The third-order valence-electron chi connectivity index (χ3n) is 1.87. The Hall–Kier alpha value is -1.18. The second-order valence-electron chi connectivity index (χ2n) is 2.51. The maximum Gasteiger partial charge on any atom is 0.163 e. The van der Waals surface area contributed by atoms with Crippen LogP contribution in [0.1, 0.15) is 26.3 Å². The van der Waals surface area contributed by atoms with Gasteiger partial charge in [-0.2, -0.15) is 0 Å². The second kappa shape index (κ2) is 7.25. The fourth-order valence-electron chi connectivity index (χ4n) is 1.23.